The Morgan fingerprint density at radius 2 is 1.68 bits per heavy atom. The fraction of sp³-hybridized carbons (Fsp3) is 0.111. The van der Waals surface area contributed by atoms with Gasteiger partial charge in [0.1, 0.15) is 5.03 Å². The number of hydrogen-bond donors (Lipinski definition) is 0. The minimum absolute atomic E-state index is 0.671. The van der Waals surface area contributed by atoms with Gasteiger partial charge in [0.15, 0.2) is 6.29 Å². The molecule has 3 aromatic rings. The summed E-state index contributed by atoms with van der Waals surface area (Å²) in [5.74, 6) is 0.805. The number of para-hydroxylation sites is 1. The molecule has 110 valence electrons. The third-order valence-electron chi connectivity index (χ3n) is 3.40. The molecule has 0 aliphatic heterocycles. The van der Waals surface area contributed by atoms with E-state index in [2.05, 4.69) is 17.2 Å². The van der Waals surface area contributed by atoms with Crippen LogP contribution < -0.4 is 0 Å². The number of thioether (sulfide) groups is 1. The van der Waals surface area contributed by atoms with Gasteiger partial charge in [0.2, 0.25) is 0 Å². The van der Waals surface area contributed by atoms with Crippen molar-refractivity contribution in [2.24, 2.45) is 0 Å². The summed E-state index contributed by atoms with van der Waals surface area (Å²) in [6, 6.07) is 20.1. The highest BCUT2D eigenvalue weighted by Crippen LogP contribution is 2.29. The lowest BCUT2D eigenvalue weighted by Crippen LogP contribution is -1.99. The monoisotopic (exact) mass is 308 g/mol. The van der Waals surface area contributed by atoms with Crippen LogP contribution in [0.5, 0.6) is 0 Å². The molecule has 0 aliphatic carbocycles. The minimum Gasteiger partial charge on any atom is -0.298 e. The highest BCUT2D eigenvalue weighted by atomic mass is 32.2. The molecule has 0 atom stereocenters. The molecule has 0 saturated heterocycles. The third-order valence-corrected chi connectivity index (χ3v) is 4.54. The van der Waals surface area contributed by atoms with Crippen molar-refractivity contribution in [1.29, 1.82) is 0 Å². The van der Waals surface area contributed by atoms with Crippen LogP contribution in [0.25, 0.3) is 5.69 Å². The lowest BCUT2D eigenvalue weighted by molar-refractivity contribution is 0.112. The average Bonchev–Trinajstić information content (AvgIpc) is 2.90. The number of nitrogens with zero attached hydrogens (tertiary/aromatic N) is 2. The Labute approximate surface area is 134 Å². The second-order valence-corrected chi connectivity index (χ2v) is 5.91. The van der Waals surface area contributed by atoms with Crippen molar-refractivity contribution in [1.82, 2.24) is 9.78 Å². The van der Waals surface area contributed by atoms with Crippen LogP contribution in [0.2, 0.25) is 0 Å². The maximum Gasteiger partial charge on any atom is 0.154 e. The normalized spacial score (nSPS) is 10.6. The van der Waals surface area contributed by atoms with Gasteiger partial charge < -0.3 is 0 Å². The molecule has 0 radical (unpaired) electrons. The van der Waals surface area contributed by atoms with E-state index in [1.54, 1.807) is 11.8 Å². The molecule has 0 amide bonds. The van der Waals surface area contributed by atoms with Crippen molar-refractivity contribution in [3.8, 4) is 5.69 Å². The Kier molecular flexibility index (Phi) is 4.39. The van der Waals surface area contributed by atoms with Gasteiger partial charge in [0.25, 0.3) is 0 Å². The smallest absolute Gasteiger partial charge is 0.154 e. The molecule has 2 aromatic carbocycles. The highest BCUT2D eigenvalue weighted by Gasteiger charge is 2.16. The maximum atomic E-state index is 11.4. The second-order valence-electron chi connectivity index (χ2n) is 4.94. The topological polar surface area (TPSA) is 34.9 Å². The molecule has 0 unspecified atom stereocenters. The number of carbonyl (C=O) groups is 1. The van der Waals surface area contributed by atoms with Gasteiger partial charge in [-0.15, -0.1) is 11.8 Å². The molecule has 0 fully saturated rings. The number of hydrogen-bond acceptors (Lipinski definition) is 3. The Bertz CT molecular complexity index is 767. The number of aryl methyl sites for hydroxylation is 1. The van der Waals surface area contributed by atoms with Crippen molar-refractivity contribution in [2.75, 3.05) is 0 Å². The average molecular weight is 308 g/mol. The van der Waals surface area contributed by atoms with E-state index in [9.17, 15) is 4.79 Å². The number of aromatic nitrogens is 2. The van der Waals surface area contributed by atoms with E-state index in [0.717, 1.165) is 28.4 Å². The zero-order valence-corrected chi connectivity index (χ0v) is 13.1. The number of aldehydes is 1. The van der Waals surface area contributed by atoms with E-state index in [4.69, 9.17) is 0 Å². The summed E-state index contributed by atoms with van der Waals surface area (Å²) in [5.41, 5.74) is 3.62. The largest absolute Gasteiger partial charge is 0.298 e. The van der Waals surface area contributed by atoms with Crippen molar-refractivity contribution >= 4 is 18.0 Å². The Morgan fingerprint density at radius 1 is 1.05 bits per heavy atom. The molecule has 0 N–H and O–H groups in total. The first-order valence-corrected chi connectivity index (χ1v) is 8.05. The van der Waals surface area contributed by atoms with E-state index < -0.39 is 0 Å². The van der Waals surface area contributed by atoms with Crippen molar-refractivity contribution in [3.05, 3.63) is 77.5 Å². The summed E-state index contributed by atoms with van der Waals surface area (Å²) in [6.07, 6.45) is 0.898. The van der Waals surface area contributed by atoms with E-state index in [0.29, 0.717) is 5.56 Å². The molecule has 0 aliphatic rings. The molecule has 3 rings (SSSR count). The van der Waals surface area contributed by atoms with Gasteiger partial charge in [0.05, 0.1) is 16.9 Å². The Balaban J connectivity index is 1.96. The van der Waals surface area contributed by atoms with Crippen LogP contribution in [0.15, 0.2) is 65.7 Å². The molecule has 0 saturated carbocycles. The van der Waals surface area contributed by atoms with Crippen LogP contribution in [0.3, 0.4) is 0 Å². The summed E-state index contributed by atoms with van der Waals surface area (Å²) in [7, 11) is 0. The Hall–Kier alpha value is -2.33. The zero-order chi connectivity index (χ0) is 15.4. The summed E-state index contributed by atoms with van der Waals surface area (Å²) < 4.78 is 1.85. The van der Waals surface area contributed by atoms with Crippen molar-refractivity contribution in [3.63, 3.8) is 0 Å². The quantitative estimate of drug-likeness (QED) is 0.521. The van der Waals surface area contributed by atoms with Crippen molar-refractivity contribution in [2.45, 2.75) is 17.7 Å². The number of rotatable bonds is 5. The van der Waals surface area contributed by atoms with E-state index in [-0.39, 0.29) is 0 Å². The predicted molar refractivity (Wildman–Crippen MR) is 89.7 cm³/mol. The maximum absolute atomic E-state index is 11.4. The molecular weight excluding hydrogens is 292 g/mol. The molecule has 3 nitrogen and oxygen atoms in total. The first-order chi connectivity index (χ1) is 10.8. The molecule has 0 spiro atoms. The number of benzene rings is 2. The number of carbonyl (C=O) groups excluding carboxylic acids is 1. The summed E-state index contributed by atoms with van der Waals surface area (Å²) in [6.45, 7) is 1.87. The fourth-order valence-corrected chi connectivity index (χ4v) is 3.38. The van der Waals surface area contributed by atoms with Crippen molar-refractivity contribution < 1.29 is 4.79 Å². The fourth-order valence-electron chi connectivity index (χ4n) is 2.26. The minimum atomic E-state index is 0.671. The van der Waals surface area contributed by atoms with Gasteiger partial charge in [-0.1, -0.05) is 48.5 Å². The van der Waals surface area contributed by atoms with Gasteiger partial charge in [-0.25, -0.2) is 4.68 Å². The van der Waals surface area contributed by atoms with Gasteiger partial charge in [-0.2, -0.15) is 5.10 Å². The molecule has 4 heteroatoms. The van der Waals surface area contributed by atoms with Crippen LogP contribution in [-0.2, 0) is 5.75 Å². The van der Waals surface area contributed by atoms with Crippen LogP contribution in [0.4, 0.5) is 0 Å². The third kappa shape index (κ3) is 2.97. The lowest BCUT2D eigenvalue weighted by atomic mass is 10.2. The summed E-state index contributed by atoms with van der Waals surface area (Å²) in [4.78, 5) is 11.4. The van der Waals surface area contributed by atoms with Gasteiger partial charge in [-0.05, 0) is 24.6 Å². The van der Waals surface area contributed by atoms with Crippen LogP contribution in [0, 0.1) is 6.92 Å². The van der Waals surface area contributed by atoms with Crippen LogP contribution in [0.1, 0.15) is 21.6 Å². The molecule has 1 aromatic heterocycles. The zero-order valence-electron chi connectivity index (χ0n) is 12.3. The van der Waals surface area contributed by atoms with Gasteiger partial charge >= 0.3 is 0 Å². The predicted octanol–water partition coefficient (Wildman–Crippen LogP) is 4.29. The van der Waals surface area contributed by atoms with Crippen LogP contribution >= 0.6 is 11.8 Å². The summed E-state index contributed by atoms with van der Waals surface area (Å²) >= 11 is 1.64. The molecule has 1 heterocycles. The summed E-state index contributed by atoms with van der Waals surface area (Å²) in [5, 5.41) is 5.42. The first-order valence-electron chi connectivity index (χ1n) is 7.06. The highest BCUT2D eigenvalue weighted by molar-refractivity contribution is 7.98. The standard InChI is InChI=1S/C18H16N2OS/c1-14-17(12-21)18(22-13-15-8-4-2-5-9-15)20(19-14)16-10-6-3-7-11-16/h2-12H,13H2,1H3. The van der Waals surface area contributed by atoms with E-state index in [1.807, 2.05) is 60.1 Å². The SMILES string of the molecule is Cc1nn(-c2ccccc2)c(SCc2ccccc2)c1C=O. The van der Waals surface area contributed by atoms with Crippen LogP contribution in [-0.4, -0.2) is 16.1 Å². The molecule has 0 bridgehead atoms. The lowest BCUT2D eigenvalue weighted by Gasteiger charge is -2.08. The van der Waals surface area contributed by atoms with Gasteiger partial charge in [0, 0.05) is 5.75 Å². The molecular formula is C18H16N2OS. The second kappa shape index (κ2) is 6.62. The Morgan fingerprint density at radius 3 is 2.32 bits per heavy atom. The molecule has 22 heavy (non-hydrogen) atoms. The van der Waals surface area contributed by atoms with E-state index >= 15 is 0 Å². The van der Waals surface area contributed by atoms with Gasteiger partial charge in [-0.3, -0.25) is 4.79 Å². The first kappa shape index (κ1) is 14.6. The van der Waals surface area contributed by atoms with E-state index in [1.165, 1.54) is 5.56 Å².